The zero-order valence-electron chi connectivity index (χ0n) is 9.95. The van der Waals surface area contributed by atoms with Crippen LogP contribution in [0.1, 0.15) is 33.6 Å². The van der Waals surface area contributed by atoms with E-state index in [1.54, 1.807) is 6.20 Å². The van der Waals surface area contributed by atoms with E-state index in [1.165, 1.54) is 31.5 Å². The summed E-state index contributed by atoms with van der Waals surface area (Å²) in [4.78, 5) is 5.98. The van der Waals surface area contributed by atoms with Crippen molar-refractivity contribution in [3.05, 3.63) is 23.2 Å². The lowest BCUT2D eigenvalue weighted by molar-refractivity contribution is 0.163. The highest BCUT2D eigenvalue weighted by Gasteiger charge is 2.41. The predicted octanol–water partition coefficient (Wildman–Crippen LogP) is 2.93. The molecule has 2 heteroatoms. The molecule has 2 fully saturated rings. The van der Waals surface area contributed by atoms with Crippen molar-refractivity contribution in [1.82, 2.24) is 4.90 Å². The van der Waals surface area contributed by atoms with Crippen LogP contribution in [0.4, 0.5) is 0 Å². The standard InChI is InChI=1S/C13H20N2/c1-13(2,3)15-8-11-5-10(7-14-4)6-12(11)9-15/h7,11-12H,5-6,8-9H2,1-3H3. The molecule has 1 saturated carbocycles. The van der Waals surface area contributed by atoms with Crippen molar-refractivity contribution in [2.24, 2.45) is 11.8 Å². The zero-order chi connectivity index (χ0) is 11.1. The SMILES string of the molecule is [C-]#[N+]C=C1CC2CN(C(C)(C)C)CC2C1. The van der Waals surface area contributed by atoms with Gasteiger partial charge in [0.1, 0.15) is 0 Å². The molecule has 1 aliphatic carbocycles. The van der Waals surface area contributed by atoms with Crippen LogP contribution in [0.2, 0.25) is 0 Å². The van der Waals surface area contributed by atoms with Gasteiger partial charge in [-0.25, -0.2) is 4.85 Å². The van der Waals surface area contributed by atoms with Crippen molar-refractivity contribution in [2.45, 2.75) is 39.2 Å². The molecule has 0 spiro atoms. The molecule has 1 aliphatic heterocycles. The van der Waals surface area contributed by atoms with Gasteiger partial charge in [-0.1, -0.05) is 5.57 Å². The minimum absolute atomic E-state index is 0.314. The third-order valence-electron chi connectivity index (χ3n) is 3.82. The van der Waals surface area contributed by atoms with E-state index in [-0.39, 0.29) is 0 Å². The van der Waals surface area contributed by atoms with Crippen molar-refractivity contribution < 1.29 is 0 Å². The molecule has 0 aromatic rings. The molecule has 2 atom stereocenters. The third-order valence-corrected chi connectivity index (χ3v) is 3.82. The van der Waals surface area contributed by atoms with Crippen LogP contribution in [0, 0.1) is 18.4 Å². The summed E-state index contributed by atoms with van der Waals surface area (Å²) < 4.78 is 0. The van der Waals surface area contributed by atoms with Gasteiger partial charge >= 0.3 is 0 Å². The lowest BCUT2D eigenvalue weighted by Crippen LogP contribution is -2.40. The van der Waals surface area contributed by atoms with Gasteiger partial charge in [0.2, 0.25) is 0 Å². The average Bonchev–Trinajstić information content (AvgIpc) is 2.59. The van der Waals surface area contributed by atoms with Crippen LogP contribution in [0.3, 0.4) is 0 Å². The number of nitrogens with zero attached hydrogens (tertiary/aromatic N) is 2. The first-order chi connectivity index (χ1) is 7.00. The van der Waals surface area contributed by atoms with Gasteiger partial charge in [0.25, 0.3) is 0 Å². The first-order valence-corrected chi connectivity index (χ1v) is 5.80. The van der Waals surface area contributed by atoms with Crippen LogP contribution in [-0.4, -0.2) is 23.5 Å². The number of rotatable bonds is 0. The minimum Gasteiger partial charge on any atom is -0.298 e. The van der Waals surface area contributed by atoms with Gasteiger partial charge < -0.3 is 0 Å². The number of likely N-dealkylation sites (tertiary alicyclic amines) is 1. The van der Waals surface area contributed by atoms with Crippen LogP contribution in [0.25, 0.3) is 4.85 Å². The van der Waals surface area contributed by atoms with E-state index in [9.17, 15) is 0 Å². The number of hydrogen-bond donors (Lipinski definition) is 0. The Morgan fingerprint density at radius 3 is 2.20 bits per heavy atom. The maximum Gasteiger partial charge on any atom is 0.153 e. The van der Waals surface area contributed by atoms with Crippen molar-refractivity contribution >= 4 is 0 Å². The molecule has 0 bridgehead atoms. The first-order valence-electron chi connectivity index (χ1n) is 5.80. The number of fused-ring (bicyclic) bond motifs is 1. The van der Waals surface area contributed by atoms with Gasteiger partial charge in [0, 0.05) is 18.6 Å². The smallest absolute Gasteiger partial charge is 0.153 e. The Bertz CT molecular complexity index is 300. The van der Waals surface area contributed by atoms with Gasteiger partial charge in [-0.05, 0) is 45.4 Å². The summed E-state index contributed by atoms with van der Waals surface area (Å²) in [5, 5.41) is 0. The Kier molecular flexibility index (Phi) is 2.60. The fourth-order valence-corrected chi connectivity index (χ4v) is 2.90. The van der Waals surface area contributed by atoms with E-state index < -0.39 is 0 Å². The molecule has 0 amide bonds. The van der Waals surface area contributed by atoms with Crippen molar-refractivity contribution in [1.29, 1.82) is 0 Å². The number of hydrogen-bond acceptors (Lipinski definition) is 1. The van der Waals surface area contributed by atoms with Crippen LogP contribution < -0.4 is 0 Å². The van der Waals surface area contributed by atoms with E-state index in [2.05, 4.69) is 30.5 Å². The lowest BCUT2D eigenvalue weighted by atomic mass is 10.0. The molecule has 1 saturated heterocycles. The molecule has 2 unspecified atom stereocenters. The summed E-state index contributed by atoms with van der Waals surface area (Å²) in [7, 11) is 0. The summed E-state index contributed by atoms with van der Waals surface area (Å²) in [6.07, 6.45) is 4.08. The predicted molar refractivity (Wildman–Crippen MR) is 62.2 cm³/mol. The van der Waals surface area contributed by atoms with Crippen molar-refractivity contribution in [3.8, 4) is 0 Å². The Balaban J connectivity index is 2.00. The Hall–Kier alpha value is -0.810. The summed E-state index contributed by atoms with van der Waals surface area (Å²) >= 11 is 0. The first kappa shape index (κ1) is 10.7. The summed E-state index contributed by atoms with van der Waals surface area (Å²) in [6.45, 7) is 16.2. The highest BCUT2D eigenvalue weighted by molar-refractivity contribution is 5.16. The van der Waals surface area contributed by atoms with Crippen LogP contribution in [0.15, 0.2) is 11.8 Å². The van der Waals surface area contributed by atoms with Crippen molar-refractivity contribution in [2.75, 3.05) is 13.1 Å². The van der Waals surface area contributed by atoms with E-state index in [4.69, 9.17) is 6.57 Å². The zero-order valence-corrected chi connectivity index (χ0v) is 9.95. The topological polar surface area (TPSA) is 7.60 Å². The average molecular weight is 204 g/mol. The maximum absolute atomic E-state index is 6.85. The molecule has 2 rings (SSSR count). The highest BCUT2D eigenvalue weighted by atomic mass is 15.2. The molecule has 2 nitrogen and oxygen atoms in total. The minimum atomic E-state index is 0.314. The van der Waals surface area contributed by atoms with E-state index in [1.807, 2.05) is 0 Å². The third kappa shape index (κ3) is 2.08. The molecule has 0 aromatic heterocycles. The van der Waals surface area contributed by atoms with Crippen molar-refractivity contribution in [3.63, 3.8) is 0 Å². The molecule has 82 valence electrons. The molecular weight excluding hydrogens is 184 g/mol. The van der Waals surface area contributed by atoms with Crippen LogP contribution >= 0.6 is 0 Å². The fourth-order valence-electron chi connectivity index (χ4n) is 2.90. The highest BCUT2D eigenvalue weighted by Crippen LogP contribution is 2.42. The second-order valence-corrected chi connectivity index (χ2v) is 5.92. The lowest BCUT2D eigenvalue weighted by Gasteiger charge is -2.32. The second-order valence-electron chi connectivity index (χ2n) is 5.92. The summed E-state index contributed by atoms with van der Waals surface area (Å²) in [6, 6.07) is 0. The molecule has 2 aliphatic rings. The van der Waals surface area contributed by atoms with Gasteiger partial charge in [-0.15, -0.1) is 0 Å². The largest absolute Gasteiger partial charge is 0.298 e. The maximum atomic E-state index is 6.85. The Morgan fingerprint density at radius 2 is 1.80 bits per heavy atom. The summed E-state index contributed by atoms with van der Waals surface area (Å²) in [5.74, 6) is 1.63. The summed E-state index contributed by atoms with van der Waals surface area (Å²) in [5.41, 5.74) is 1.70. The Labute approximate surface area is 92.8 Å². The Morgan fingerprint density at radius 1 is 1.27 bits per heavy atom. The molecule has 15 heavy (non-hydrogen) atoms. The fraction of sp³-hybridized carbons (Fsp3) is 0.769. The molecule has 1 heterocycles. The molecule has 0 N–H and O–H groups in total. The van der Waals surface area contributed by atoms with E-state index in [0.717, 1.165) is 11.8 Å². The van der Waals surface area contributed by atoms with Crippen LogP contribution in [-0.2, 0) is 0 Å². The van der Waals surface area contributed by atoms with Gasteiger partial charge in [-0.2, -0.15) is 0 Å². The van der Waals surface area contributed by atoms with Crippen LogP contribution in [0.5, 0.6) is 0 Å². The van der Waals surface area contributed by atoms with Gasteiger partial charge in [-0.3, -0.25) is 4.90 Å². The van der Waals surface area contributed by atoms with E-state index in [0.29, 0.717) is 5.54 Å². The quantitative estimate of drug-likeness (QED) is 0.550. The van der Waals surface area contributed by atoms with Gasteiger partial charge in [0.15, 0.2) is 6.20 Å². The molecule has 0 aromatic carbocycles. The van der Waals surface area contributed by atoms with E-state index >= 15 is 0 Å². The number of allylic oxidation sites excluding steroid dienone is 1. The normalized spacial score (nSPS) is 31.5. The monoisotopic (exact) mass is 204 g/mol. The molecular formula is C13H20N2. The second kappa shape index (κ2) is 3.64. The molecule has 0 radical (unpaired) electrons. The van der Waals surface area contributed by atoms with Gasteiger partial charge in [0.05, 0.1) is 6.57 Å².